The molecule has 0 aromatic heterocycles. The second-order valence-electron chi connectivity index (χ2n) is 5.12. The lowest BCUT2D eigenvalue weighted by Crippen LogP contribution is -2.31. The van der Waals surface area contributed by atoms with Gasteiger partial charge in [0.15, 0.2) is 0 Å². The zero-order valence-corrected chi connectivity index (χ0v) is 12.7. The summed E-state index contributed by atoms with van der Waals surface area (Å²) in [6.07, 6.45) is 1.11. The standard InChI is InChI=1S/C15H22ClFN2O/c1-20-14-4-3-13(15(17)11-14)12-19-7-2-6-18(8-5-16)9-10-19/h3-4,11H,2,5-10,12H2,1H3. The SMILES string of the molecule is COc1ccc(CN2CCCN(CCCl)CC2)c(F)c1. The first-order valence-corrected chi connectivity index (χ1v) is 7.59. The number of methoxy groups -OCH3 is 1. The number of hydrogen-bond donors (Lipinski definition) is 0. The lowest BCUT2D eigenvalue weighted by molar-refractivity contribution is 0.255. The van der Waals surface area contributed by atoms with E-state index in [0.717, 1.165) is 44.7 Å². The highest BCUT2D eigenvalue weighted by Crippen LogP contribution is 2.18. The maximum atomic E-state index is 14.0. The van der Waals surface area contributed by atoms with Crippen molar-refractivity contribution in [2.45, 2.75) is 13.0 Å². The Morgan fingerprint density at radius 2 is 1.95 bits per heavy atom. The zero-order valence-electron chi connectivity index (χ0n) is 11.9. The van der Waals surface area contributed by atoms with Gasteiger partial charge in [-0.15, -0.1) is 11.6 Å². The first-order valence-electron chi connectivity index (χ1n) is 7.06. The van der Waals surface area contributed by atoms with Crippen molar-refractivity contribution in [2.24, 2.45) is 0 Å². The van der Waals surface area contributed by atoms with Gasteiger partial charge in [0.1, 0.15) is 11.6 Å². The van der Waals surface area contributed by atoms with Crippen LogP contribution in [0.25, 0.3) is 0 Å². The van der Waals surface area contributed by atoms with Crippen LogP contribution in [0.15, 0.2) is 18.2 Å². The number of nitrogens with zero attached hydrogens (tertiary/aromatic N) is 2. The Morgan fingerprint density at radius 3 is 2.65 bits per heavy atom. The van der Waals surface area contributed by atoms with Crippen molar-refractivity contribution >= 4 is 11.6 Å². The van der Waals surface area contributed by atoms with E-state index < -0.39 is 0 Å². The fourth-order valence-corrected chi connectivity index (χ4v) is 2.79. The zero-order chi connectivity index (χ0) is 14.4. The maximum Gasteiger partial charge on any atom is 0.131 e. The Labute approximate surface area is 125 Å². The second-order valence-corrected chi connectivity index (χ2v) is 5.50. The second kappa shape index (κ2) is 7.81. The van der Waals surface area contributed by atoms with Gasteiger partial charge >= 0.3 is 0 Å². The average Bonchev–Trinajstić information content (AvgIpc) is 2.67. The molecule has 5 heteroatoms. The molecule has 1 fully saturated rings. The molecule has 1 aliphatic rings. The summed E-state index contributed by atoms with van der Waals surface area (Å²) in [5.74, 6) is 1.05. The third kappa shape index (κ3) is 4.33. The summed E-state index contributed by atoms with van der Waals surface area (Å²) in [5, 5.41) is 0. The predicted molar refractivity (Wildman–Crippen MR) is 80.0 cm³/mol. The molecule has 0 radical (unpaired) electrons. The molecule has 1 aliphatic heterocycles. The van der Waals surface area contributed by atoms with Crippen LogP contribution in [0.1, 0.15) is 12.0 Å². The molecule has 3 nitrogen and oxygen atoms in total. The highest BCUT2D eigenvalue weighted by molar-refractivity contribution is 6.18. The Morgan fingerprint density at radius 1 is 1.20 bits per heavy atom. The summed E-state index contributed by atoms with van der Waals surface area (Å²) in [7, 11) is 1.55. The van der Waals surface area contributed by atoms with E-state index in [2.05, 4.69) is 9.80 Å². The van der Waals surface area contributed by atoms with Crippen LogP contribution >= 0.6 is 11.6 Å². The summed E-state index contributed by atoms with van der Waals surface area (Å²) in [6, 6.07) is 5.08. The molecule has 0 bridgehead atoms. The third-order valence-electron chi connectivity index (χ3n) is 3.74. The van der Waals surface area contributed by atoms with E-state index in [9.17, 15) is 4.39 Å². The number of ether oxygens (including phenoxy) is 1. The van der Waals surface area contributed by atoms with Crippen molar-refractivity contribution in [3.8, 4) is 5.75 Å². The van der Waals surface area contributed by atoms with Crippen molar-refractivity contribution < 1.29 is 9.13 Å². The van der Waals surface area contributed by atoms with Crippen LogP contribution < -0.4 is 4.74 Å². The Kier molecular flexibility index (Phi) is 6.07. The molecule has 2 rings (SSSR count). The van der Waals surface area contributed by atoms with Gasteiger partial charge in [0, 0.05) is 43.7 Å². The van der Waals surface area contributed by atoms with Gasteiger partial charge in [0.2, 0.25) is 0 Å². The summed E-state index contributed by atoms with van der Waals surface area (Å²) < 4.78 is 19.0. The van der Waals surface area contributed by atoms with Gasteiger partial charge in [-0.05, 0) is 25.6 Å². The van der Waals surface area contributed by atoms with Gasteiger partial charge in [-0.1, -0.05) is 6.07 Å². The van der Waals surface area contributed by atoms with Crippen LogP contribution in [-0.2, 0) is 6.54 Å². The highest BCUT2D eigenvalue weighted by atomic mass is 35.5. The number of hydrogen-bond acceptors (Lipinski definition) is 3. The molecule has 112 valence electrons. The van der Waals surface area contributed by atoms with Gasteiger partial charge in [-0.2, -0.15) is 0 Å². The van der Waals surface area contributed by atoms with E-state index in [1.54, 1.807) is 7.11 Å². The molecule has 0 aliphatic carbocycles. The van der Waals surface area contributed by atoms with Crippen molar-refractivity contribution in [2.75, 3.05) is 45.7 Å². The van der Waals surface area contributed by atoms with Crippen LogP contribution in [0.5, 0.6) is 5.75 Å². The van der Waals surface area contributed by atoms with Gasteiger partial charge in [0.25, 0.3) is 0 Å². The van der Waals surface area contributed by atoms with E-state index in [1.807, 2.05) is 12.1 Å². The molecule has 1 saturated heterocycles. The summed E-state index contributed by atoms with van der Waals surface area (Å²) in [6.45, 7) is 5.64. The highest BCUT2D eigenvalue weighted by Gasteiger charge is 2.16. The molecule has 0 unspecified atom stereocenters. The van der Waals surface area contributed by atoms with Crippen LogP contribution in [0.3, 0.4) is 0 Å². The van der Waals surface area contributed by atoms with Crippen molar-refractivity contribution in [3.05, 3.63) is 29.6 Å². The van der Waals surface area contributed by atoms with E-state index in [-0.39, 0.29) is 5.82 Å². The molecule has 0 N–H and O–H groups in total. The van der Waals surface area contributed by atoms with Crippen LogP contribution in [-0.4, -0.2) is 55.5 Å². The van der Waals surface area contributed by atoms with Crippen molar-refractivity contribution in [1.29, 1.82) is 0 Å². The molecule has 0 amide bonds. The Balaban J connectivity index is 1.93. The topological polar surface area (TPSA) is 15.7 Å². The summed E-state index contributed by atoms with van der Waals surface area (Å²) in [5.41, 5.74) is 0.733. The van der Waals surface area contributed by atoms with E-state index in [0.29, 0.717) is 18.2 Å². The van der Waals surface area contributed by atoms with Crippen LogP contribution in [0.2, 0.25) is 0 Å². The van der Waals surface area contributed by atoms with Crippen LogP contribution in [0.4, 0.5) is 4.39 Å². The summed E-state index contributed by atoms with van der Waals surface area (Å²) in [4.78, 5) is 4.68. The van der Waals surface area contributed by atoms with Gasteiger partial charge in [-0.3, -0.25) is 4.90 Å². The largest absolute Gasteiger partial charge is 0.497 e. The quantitative estimate of drug-likeness (QED) is 0.778. The fourth-order valence-electron chi connectivity index (χ4n) is 2.55. The molecule has 0 saturated carbocycles. The normalized spacial score (nSPS) is 17.9. The number of benzene rings is 1. The lowest BCUT2D eigenvalue weighted by atomic mass is 10.2. The predicted octanol–water partition coefficient (Wildman–Crippen LogP) is 2.58. The molecule has 20 heavy (non-hydrogen) atoms. The summed E-state index contributed by atoms with van der Waals surface area (Å²) >= 11 is 5.79. The van der Waals surface area contributed by atoms with Crippen molar-refractivity contribution in [3.63, 3.8) is 0 Å². The third-order valence-corrected chi connectivity index (χ3v) is 3.91. The number of alkyl halides is 1. The minimum Gasteiger partial charge on any atom is -0.497 e. The van der Waals surface area contributed by atoms with Gasteiger partial charge in [0.05, 0.1) is 7.11 Å². The average molecular weight is 301 g/mol. The Hall–Kier alpha value is -0.840. The first-order chi connectivity index (χ1) is 9.72. The molecule has 1 aromatic carbocycles. The van der Waals surface area contributed by atoms with Crippen LogP contribution in [0, 0.1) is 5.82 Å². The molecular weight excluding hydrogens is 279 g/mol. The van der Waals surface area contributed by atoms with E-state index in [1.165, 1.54) is 6.07 Å². The minimum atomic E-state index is -0.189. The van der Waals surface area contributed by atoms with E-state index >= 15 is 0 Å². The maximum absolute atomic E-state index is 14.0. The number of rotatable bonds is 5. The smallest absolute Gasteiger partial charge is 0.131 e. The molecular formula is C15H22ClFN2O. The monoisotopic (exact) mass is 300 g/mol. The molecule has 0 atom stereocenters. The van der Waals surface area contributed by atoms with Gasteiger partial charge in [-0.25, -0.2) is 4.39 Å². The fraction of sp³-hybridized carbons (Fsp3) is 0.600. The number of halogens is 2. The molecule has 1 aromatic rings. The minimum absolute atomic E-state index is 0.189. The Bertz CT molecular complexity index is 430. The van der Waals surface area contributed by atoms with Gasteiger partial charge < -0.3 is 9.64 Å². The van der Waals surface area contributed by atoms with E-state index in [4.69, 9.17) is 16.3 Å². The first kappa shape index (κ1) is 15.5. The molecule has 1 heterocycles. The lowest BCUT2D eigenvalue weighted by Gasteiger charge is -2.21. The van der Waals surface area contributed by atoms with Crippen molar-refractivity contribution in [1.82, 2.24) is 9.80 Å². The molecule has 0 spiro atoms.